The van der Waals surface area contributed by atoms with Crippen molar-refractivity contribution in [1.29, 1.82) is 0 Å². The quantitative estimate of drug-likeness (QED) is 0.872. The summed E-state index contributed by atoms with van der Waals surface area (Å²) in [5.41, 5.74) is -0.116. The van der Waals surface area contributed by atoms with Crippen LogP contribution in [0.25, 0.3) is 0 Å². The third-order valence-corrected chi connectivity index (χ3v) is 3.72. The Kier molecular flexibility index (Phi) is 3.50. The molecular formula is C15H15FN4O2. The number of β-amino-alcohol motifs (C(OH)–C–C–N with tert-alkyl or cyclic N) is 1. The summed E-state index contributed by atoms with van der Waals surface area (Å²) in [7, 11) is 1.52. The molecule has 0 unspecified atom stereocenters. The van der Waals surface area contributed by atoms with Gasteiger partial charge in [0, 0.05) is 7.05 Å². The van der Waals surface area contributed by atoms with E-state index < -0.39 is 5.60 Å². The third kappa shape index (κ3) is 2.50. The van der Waals surface area contributed by atoms with Crippen molar-refractivity contribution in [3.05, 3.63) is 53.5 Å². The zero-order valence-electron chi connectivity index (χ0n) is 12.0. The van der Waals surface area contributed by atoms with Crippen molar-refractivity contribution in [3.63, 3.8) is 0 Å². The maximum absolute atomic E-state index is 12.9. The van der Waals surface area contributed by atoms with E-state index in [9.17, 15) is 14.3 Å². The Hall–Kier alpha value is -2.54. The first-order chi connectivity index (χ1) is 10.5. The van der Waals surface area contributed by atoms with Crippen molar-refractivity contribution < 1.29 is 14.3 Å². The van der Waals surface area contributed by atoms with Gasteiger partial charge in [-0.1, -0.05) is 12.1 Å². The number of amides is 1. The molecule has 6 nitrogen and oxygen atoms in total. The van der Waals surface area contributed by atoms with Crippen LogP contribution in [-0.4, -0.2) is 41.3 Å². The van der Waals surface area contributed by atoms with Crippen molar-refractivity contribution in [2.45, 2.75) is 5.60 Å². The monoisotopic (exact) mass is 302 g/mol. The topological polar surface area (TPSA) is 78.4 Å². The second-order valence-corrected chi connectivity index (χ2v) is 5.25. The van der Waals surface area contributed by atoms with E-state index in [1.54, 1.807) is 24.3 Å². The first-order valence-electron chi connectivity index (χ1n) is 6.81. The standard InChI is InChI=1S/C15H15FN4O2/c1-17-14(21)12-6-7-13(19-18-12)20-8-15(22,9-20)10-2-4-11(16)5-3-10/h2-7,22H,8-9H2,1H3,(H,17,21). The Balaban J connectivity index is 1.70. The molecule has 1 aromatic carbocycles. The highest BCUT2D eigenvalue weighted by molar-refractivity contribution is 5.91. The number of hydrogen-bond acceptors (Lipinski definition) is 5. The molecule has 2 heterocycles. The number of carbonyl (C=O) groups excluding carboxylic acids is 1. The van der Waals surface area contributed by atoms with Gasteiger partial charge in [-0.15, -0.1) is 10.2 Å². The molecule has 2 aromatic rings. The van der Waals surface area contributed by atoms with Gasteiger partial charge in [0.05, 0.1) is 13.1 Å². The lowest BCUT2D eigenvalue weighted by Crippen LogP contribution is -2.59. The van der Waals surface area contributed by atoms with Crippen molar-refractivity contribution in [2.75, 3.05) is 25.0 Å². The van der Waals surface area contributed by atoms with Crippen molar-refractivity contribution in [2.24, 2.45) is 0 Å². The zero-order chi connectivity index (χ0) is 15.7. The van der Waals surface area contributed by atoms with Crippen LogP contribution in [0.15, 0.2) is 36.4 Å². The smallest absolute Gasteiger partial charge is 0.271 e. The van der Waals surface area contributed by atoms with E-state index in [-0.39, 0.29) is 17.4 Å². The van der Waals surface area contributed by atoms with Crippen LogP contribution in [0.1, 0.15) is 16.1 Å². The van der Waals surface area contributed by atoms with Gasteiger partial charge in [-0.05, 0) is 29.8 Å². The Morgan fingerprint density at radius 2 is 1.91 bits per heavy atom. The lowest BCUT2D eigenvalue weighted by molar-refractivity contribution is 0.00690. The van der Waals surface area contributed by atoms with Crippen molar-refractivity contribution in [3.8, 4) is 0 Å². The summed E-state index contributed by atoms with van der Waals surface area (Å²) in [6.45, 7) is 0.680. The van der Waals surface area contributed by atoms with E-state index in [0.29, 0.717) is 24.5 Å². The third-order valence-electron chi connectivity index (χ3n) is 3.72. The Morgan fingerprint density at radius 1 is 1.23 bits per heavy atom. The molecule has 0 bridgehead atoms. The van der Waals surface area contributed by atoms with Gasteiger partial charge in [-0.2, -0.15) is 0 Å². The van der Waals surface area contributed by atoms with Crippen molar-refractivity contribution in [1.82, 2.24) is 15.5 Å². The highest BCUT2D eigenvalue weighted by atomic mass is 19.1. The highest BCUT2D eigenvalue weighted by Crippen LogP contribution is 2.34. The molecule has 0 aliphatic carbocycles. The molecule has 114 valence electrons. The summed E-state index contributed by atoms with van der Waals surface area (Å²) >= 11 is 0. The molecule has 1 aliphatic heterocycles. The summed E-state index contributed by atoms with van der Waals surface area (Å²) in [6.07, 6.45) is 0. The predicted octanol–water partition coefficient (Wildman–Crippen LogP) is 0.683. The largest absolute Gasteiger partial charge is 0.381 e. The number of aliphatic hydroxyl groups is 1. The number of nitrogens with one attached hydrogen (secondary N) is 1. The molecule has 0 atom stereocenters. The molecule has 2 N–H and O–H groups in total. The van der Waals surface area contributed by atoms with Crippen LogP contribution >= 0.6 is 0 Å². The average Bonchev–Trinajstić information content (AvgIpc) is 2.52. The highest BCUT2D eigenvalue weighted by Gasteiger charge is 2.43. The first kappa shape index (κ1) is 14.4. The Labute approximate surface area is 126 Å². The number of nitrogens with zero attached hydrogens (tertiary/aromatic N) is 3. The molecule has 0 spiro atoms. The minimum Gasteiger partial charge on any atom is -0.381 e. The van der Waals surface area contributed by atoms with E-state index in [0.717, 1.165) is 0 Å². The molecule has 22 heavy (non-hydrogen) atoms. The van der Waals surface area contributed by atoms with Crippen LogP contribution in [0, 0.1) is 5.82 Å². The SMILES string of the molecule is CNC(=O)c1ccc(N2CC(O)(c3ccc(F)cc3)C2)nn1. The van der Waals surface area contributed by atoms with Gasteiger partial charge in [0.15, 0.2) is 11.5 Å². The van der Waals surface area contributed by atoms with Crippen LogP contribution < -0.4 is 10.2 Å². The average molecular weight is 302 g/mol. The van der Waals surface area contributed by atoms with Gasteiger partial charge in [0.25, 0.3) is 5.91 Å². The molecule has 7 heteroatoms. The van der Waals surface area contributed by atoms with Crippen LogP contribution in [0.5, 0.6) is 0 Å². The van der Waals surface area contributed by atoms with E-state index in [1.807, 2.05) is 4.90 Å². The van der Waals surface area contributed by atoms with Crippen LogP contribution in [0.4, 0.5) is 10.2 Å². The van der Waals surface area contributed by atoms with Crippen LogP contribution in [0.2, 0.25) is 0 Å². The Bertz CT molecular complexity index is 682. The van der Waals surface area contributed by atoms with Gasteiger partial charge < -0.3 is 15.3 Å². The number of aromatic nitrogens is 2. The van der Waals surface area contributed by atoms with E-state index in [4.69, 9.17) is 0 Å². The summed E-state index contributed by atoms with van der Waals surface area (Å²) in [6, 6.07) is 9.07. The maximum atomic E-state index is 12.9. The molecule has 1 amide bonds. The number of benzene rings is 1. The summed E-state index contributed by atoms with van der Waals surface area (Å²) in [5.74, 6) is -0.0518. The fraction of sp³-hybridized carbons (Fsp3) is 0.267. The number of anilines is 1. The molecular weight excluding hydrogens is 287 g/mol. The minimum atomic E-state index is -1.02. The maximum Gasteiger partial charge on any atom is 0.271 e. The van der Waals surface area contributed by atoms with E-state index >= 15 is 0 Å². The fourth-order valence-corrected chi connectivity index (χ4v) is 2.43. The normalized spacial score (nSPS) is 16.0. The van der Waals surface area contributed by atoms with Crippen LogP contribution in [-0.2, 0) is 5.60 Å². The molecule has 1 saturated heterocycles. The first-order valence-corrected chi connectivity index (χ1v) is 6.81. The molecule has 0 saturated carbocycles. The van der Waals surface area contributed by atoms with Gasteiger partial charge in [-0.25, -0.2) is 4.39 Å². The lowest BCUT2D eigenvalue weighted by atomic mass is 9.86. The fourth-order valence-electron chi connectivity index (χ4n) is 2.43. The number of halogens is 1. The second kappa shape index (κ2) is 5.34. The number of rotatable bonds is 3. The number of hydrogen-bond donors (Lipinski definition) is 2. The van der Waals surface area contributed by atoms with Gasteiger partial charge in [0.2, 0.25) is 0 Å². The second-order valence-electron chi connectivity index (χ2n) is 5.25. The minimum absolute atomic E-state index is 0.237. The van der Waals surface area contributed by atoms with Gasteiger partial charge >= 0.3 is 0 Å². The zero-order valence-corrected chi connectivity index (χ0v) is 12.0. The number of carbonyl (C=O) groups is 1. The summed E-state index contributed by atoms with van der Waals surface area (Å²) in [4.78, 5) is 13.2. The van der Waals surface area contributed by atoms with Crippen molar-refractivity contribution >= 4 is 11.7 Å². The molecule has 1 aliphatic rings. The van der Waals surface area contributed by atoms with Gasteiger partial charge in [-0.3, -0.25) is 4.79 Å². The van der Waals surface area contributed by atoms with E-state index in [1.165, 1.54) is 19.2 Å². The predicted molar refractivity (Wildman–Crippen MR) is 77.9 cm³/mol. The van der Waals surface area contributed by atoms with Gasteiger partial charge in [0.1, 0.15) is 11.4 Å². The summed E-state index contributed by atoms with van der Waals surface area (Å²) < 4.78 is 12.9. The summed E-state index contributed by atoms with van der Waals surface area (Å²) in [5, 5.41) is 20.8. The molecule has 1 fully saturated rings. The van der Waals surface area contributed by atoms with E-state index in [2.05, 4.69) is 15.5 Å². The Morgan fingerprint density at radius 3 is 2.45 bits per heavy atom. The molecule has 3 rings (SSSR count). The molecule has 0 radical (unpaired) electrons. The lowest BCUT2D eigenvalue weighted by Gasteiger charge is -2.47. The molecule has 1 aromatic heterocycles. The van der Waals surface area contributed by atoms with Crippen LogP contribution in [0.3, 0.4) is 0 Å².